The van der Waals surface area contributed by atoms with Crippen molar-refractivity contribution in [3.8, 4) is 0 Å². The van der Waals surface area contributed by atoms with E-state index in [1.807, 2.05) is 12.1 Å². The molecule has 0 aliphatic carbocycles. The molecule has 1 atom stereocenters. The van der Waals surface area contributed by atoms with Crippen molar-refractivity contribution in [3.05, 3.63) is 59.7 Å². The van der Waals surface area contributed by atoms with Gasteiger partial charge in [0.05, 0.1) is 7.11 Å². The van der Waals surface area contributed by atoms with Crippen molar-refractivity contribution in [2.45, 2.75) is 32.2 Å². The minimum atomic E-state index is -0.527. The molecule has 3 rings (SSSR count). The largest absolute Gasteiger partial charge is 0.468 e. The van der Waals surface area contributed by atoms with E-state index in [0.29, 0.717) is 30.3 Å². The molecular formula is C23H27N3O4. The monoisotopic (exact) mass is 409 g/mol. The Bertz CT molecular complexity index is 928. The first-order valence-electron chi connectivity index (χ1n) is 10.1. The number of hydrogen-bond donors (Lipinski definition) is 2. The van der Waals surface area contributed by atoms with Gasteiger partial charge in [0.1, 0.15) is 6.54 Å². The molecule has 0 saturated heterocycles. The molecule has 2 N–H and O–H groups in total. The van der Waals surface area contributed by atoms with Gasteiger partial charge in [-0.1, -0.05) is 24.3 Å². The molecule has 158 valence electrons. The van der Waals surface area contributed by atoms with Crippen LogP contribution in [0.15, 0.2) is 48.5 Å². The van der Waals surface area contributed by atoms with E-state index in [0.717, 1.165) is 12.8 Å². The maximum absolute atomic E-state index is 12.5. The number of nitrogens with zero attached hydrogens (tertiary/aromatic N) is 1. The van der Waals surface area contributed by atoms with Crippen LogP contribution in [0.25, 0.3) is 0 Å². The van der Waals surface area contributed by atoms with E-state index in [1.54, 1.807) is 24.3 Å². The van der Waals surface area contributed by atoms with Gasteiger partial charge in [0.2, 0.25) is 5.91 Å². The van der Waals surface area contributed by atoms with Crippen molar-refractivity contribution in [2.24, 2.45) is 0 Å². The number of ether oxygens (including phenoxy) is 1. The molecule has 2 aromatic rings. The standard InChI is InChI=1S/C23H27N3O4/c1-16-10-11-17-6-3-4-9-20(17)26(16)13-12-21(27)25-19-8-5-7-18(14-19)23(29)24-15-22(28)30-2/h3-9,14,16H,10-13,15H2,1-2H3,(H,24,29)(H,25,27)/t16-/m1/s1. The zero-order chi connectivity index (χ0) is 21.5. The summed E-state index contributed by atoms with van der Waals surface area (Å²) in [4.78, 5) is 38.1. The average molecular weight is 409 g/mol. The summed E-state index contributed by atoms with van der Waals surface area (Å²) in [7, 11) is 1.26. The summed E-state index contributed by atoms with van der Waals surface area (Å²) >= 11 is 0. The molecule has 0 aromatic heterocycles. The lowest BCUT2D eigenvalue weighted by Crippen LogP contribution is -2.39. The smallest absolute Gasteiger partial charge is 0.325 e. The summed E-state index contributed by atoms with van der Waals surface area (Å²) in [5.74, 6) is -1.05. The summed E-state index contributed by atoms with van der Waals surface area (Å²) in [6.07, 6.45) is 2.48. The predicted molar refractivity (Wildman–Crippen MR) is 116 cm³/mol. The van der Waals surface area contributed by atoms with Gasteiger partial charge in [-0.3, -0.25) is 14.4 Å². The number of aryl methyl sites for hydroxylation is 1. The maximum atomic E-state index is 12.5. The number of carbonyl (C=O) groups excluding carboxylic acids is 3. The molecule has 0 saturated carbocycles. The molecule has 0 spiro atoms. The van der Waals surface area contributed by atoms with Crippen LogP contribution in [0.1, 0.15) is 35.7 Å². The summed E-state index contributed by atoms with van der Waals surface area (Å²) in [6.45, 7) is 2.61. The summed E-state index contributed by atoms with van der Waals surface area (Å²) in [5, 5.41) is 5.33. The van der Waals surface area contributed by atoms with Crippen LogP contribution in [0.5, 0.6) is 0 Å². The van der Waals surface area contributed by atoms with E-state index in [2.05, 4.69) is 39.3 Å². The van der Waals surface area contributed by atoms with Crippen LogP contribution < -0.4 is 15.5 Å². The topological polar surface area (TPSA) is 87.7 Å². The molecular weight excluding hydrogens is 382 g/mol. The fraction of sp³-hybridized carbons (Fsp3) is 0.348. The average Bonchev–Trinajstić information content (AvgIpc) is 2.76. The van der Waals surface area contributed by atoms with Gasteiger partial charge in [-0.05, 0) is 49.6 Å². The van der Waals surface area contributed by atoms with Crippen LogP contribution in [0, 0.1) is 0 Å². The number of para-hydroxylation sites is 1. The van der Waals surface area contributed by atoms with Crippen LogP contribution in [0.4, 0.5) is 11.4 Å². The number of benzene rings is 2. The number of hydrogen-bond acceptors (Lipinski definition) is 5. The van der Waals surface area contributed by atoms with Gasteiger partial charge < -0.3 is 20.3 Å². The van der Waals surface area contributed by atoms with Gasteiger partial charge in [0.25, 0.3) is 5.91 Å². The van der Waals surface area contributed by atoms with E-state index >= 15 is 0 Å². The Morgan fingerprint density at radius 1 is 1.13 bits per heavy atom. The Balaban J connectivity index is 1.57. The maximum Gasteiger partial charge on any atom is 0.325 e. The molecule has 0 fully saturated rings. The second-order valence-electron chi connectivity index (χ2n) is 7.35. The van der Waals surface area contributed by atoms with Crippen molar-refractivity contribution in [2.75, 3.05) is 30.4 Å². The van der Waals surface area contributed by atoms with Crippen molar-refractivity contribution >= 4 is 29.2 Å². The van der Waals surface area contributed by atoms with Gasteiger partial charge in [-0.25, -0.2) is 0 Å². The van der Waals surface area contributed by atoms with Crippen molar-refractivity contribution in [3.63, 3.8) is 0 Å². The highest BCUT2D eigenvalue weighted by molar-refractivity contribution is 5.98. The number of esters is 1. The fourth-order valence-corrected chi connectivity index (χ4v) is 3.61. The fourth-order valence-electron chi connectivity index (χ4n) is 3.61. The van der Waals surface area contributed by atoms with Gasteiger partial charge >= 0.3 is 5.97 Å². The number of carbonyl (C=O) groups is 3. The van der Waals surface area contributed by atoms with Gasteiger partial charge in [-0.2, -0.15) is 0 Å². The molecule has 30 heavy (non-hydrogen) atoms. The SMILES string of the molecule is COC(=O)CNC(=O)c1cccc(NC(=O)CCN2c3ccccc3CC[C@H]2C)c1. The number of methoxy groups -OCH3 is 1. The summed E-state index contributed by atoms with van der Waals surface area (Å²) in [5.41, 5.74) is 3.42. The lowest BCUT2D eigenvalue weighted by molar-refractivity contribution is -0.139. The molecule has 1 aliphatic heterocycles. The highest BCUT2D eigenvalue weighted by Gasteiger charge is 2.23. The molecule has 7 nitrogen and oxygen atoms in total. The second-order valence-corrected chi connectivity index (χ2v) is 7.35. The Kier molecular flexibility index (Phi) is 7.06. The van der Waals surface area contributed by atoms with E-state index < -0.39 is 11.9 Å². The summed E-state index contributed by atoms with van der Waals surface area (Å²) in [6, 6.07) is 15.3. The number of fused-ring (bicyclic) bond motifs is 1. The second kappa shape index (κ2) is 9.91. The minimum absolute atomic E-state index is 0.114. The third-order valence-corrected chi connectivity index (χ3v) is 5.27. The van der Waals surface area contributed by atoms with E-state index in [4.69, 9.17) is 0 Å². The first-order chi connectivity index (χ1) is 14.5. The highest BCUT2D eigenvalue weighted by Crippen LogP contribution is 2.30. The molecule has 2 amide bonds. The molecule has 0 radical (unpaired) electrons. The van der Waals surface area contributed by atoms with Crippen LogP contribution >= 0.6 is 0 Å². The van der Waals surface area contributed by atoms with E-state index in [9.17, 15) is 14.4 Å². The Morgan fingerprint density at radius 2 is 1.93 bits per heavy atom. The Labute approximate surface area is 176 Å². The predicted octanol–water partition coefficient (Wildman–Crippen LogP) is 2.76. The van der Waals surface area contributed by atoms with Crippen molar-refractivity contribution in [1.82, 2.24) is 5.32 Å². The normalized spacial score (nSPS) is 15.1. The van der Waals surface area contributed by atoms with Crippen LogP contribution in [0.2, 0.25) is 0 Å². The Morgan fingerprint density at radius 3 is 2.73 bits per heavy atom. The quantitative estimate of drug-likeness (QED) is 0.687. The third kappa shape index (κ3) is 5.37. The molecule has 0 bridgehead atoms. The van der Waals surface area contributed by atoms with Crippen LogP contribution in [-0.4, -0.2) is 44.0 Å². The van der Waals surface area contributed by atoms with Gasteiger partial charge in [0.15, 0.2) is 0 Å². The molecule has 0 unspecified atom stereocenters. The lowest BCUT2D eigenvalue weighted by atomic mass is 9.96. The minimum Gasteiger partial charge on any atom is -0.468 e. The molecule has 1 aliphatic rings. The number of rotatable bonds is 7. The zero-order valence-electron chi connectivity index (χ0n) is 17.3. The first-order valence-corrected chi connectivity index (χ1v) is 10.1. The lowest BCUT2D eigenvalue weighted by Gasteiger charge is -2.37. The molecule has 7 heteroatoms. The van der Waals surface area contributed by atoms with Crippen molar-refractivity contribution < 1.29 is 19.1 Å². The summed E-state index contributed by atoms with van der Waals surface area (Å²) < 4.78 is 4.50. The highest BCUT2D eigenvalue weighted by atomic mass is 16.5. The number of nitrogens with one attached hydrogen (secondary N) is 2. The first kappa shape index (κ1) is 21.4. The van der Waals surface area contributed by atoms with Gasteiger partial charge in [-0.15, -0.1) is 0 Å². The van der Waals surface area contributed by atoms with E-state index in [1.165, 1.54) is 18.4 Å². The Hall–Kier alpha value is -3.35. The number of anilines is 2. The zero-order valence-corrected chi connectivity index (χ0v) is 17.3. The molecule has 2 aromatic carbocycles. The van der Waals surface area contributed by atoms with Crippen LogP contribution in [-0.2, 0) is 20.7 Å². The third-order valence-electron chi connectivity index (χ3n) is 5.27. The van der Waals surface area contributed by atoms with Crippen LogP contribution in [0.3, 0.4) is 0 Å². The number of amides is 2. The molecule has 1 heterocycles. The van der Waals surface area contributed by atoms with Crippen molar-refractivity contribution in [1.29, 1.82) is 0 Å². The van der Waals surface area contributed by atoms with E-state index in [-0.39, 0.29) is 12.5 Å². The van der Waals surface area contributed by atoms with Gasteiger partial charge in [0, 0.05) is 35.9 Å².